The molecule has 0 fully saturated rings. The van der Waals surface area contributed by atoms with E-state index in [9.17, 15) is 12.8 Å². The summed E-state index contributed by atoms with van der Waals surface area (Å²) in [4.78, 5) is 0. The molecule has 120 valence electrons. The van der Waals surface area contributed by atoms with E-state index in [1.54, 1.807) is 32.0 Å². The van der Waals surface area contributed by atoms with Crippen LogP contribution in [0, 0.1) is 31.0 Å². The zero-order valence-corrected chi connectivity index (χ0v) is 14.9. The van der Waals surface area contributed by atoms with Gasteiger partial charge in [0.1, 0.15) is 5.82 Å². The van der Waals surface area contributed by atoms with Crippen molar-refractivity contribution in [1.82, 2.24) is 0 Å². The third-order valence-corrected chi connectivity index (χ3v) is 5.01. The van der Waals surface area contributed by atoms with Gasteiger partial charge in [-0.25, -0.2) is 12.8 Å². The molecule has 1 N–H and O–H groups in total. The number of nitrogens with zero attached hydrogens (tertiary/aromatic N) is 1. The summed E-state index contributed by atoms with van der Waals surface area (Å²) in [5, 5.41) is 9.04. The molecule has 0 radical (unpaired) electrons. The second-order valence-corrected chi connectivity index (χ2v) is 7.83. The van der Waals surface area contributed by atoms with Gasteiger partial charge in [0.05, 0.1) is 17.4 Å². The number of hydrogen-bond acceptors (Lipinski definition) is 3. The molecular formula is C16H14BrFN2O2S. The fraction of sp³-hybridized carbons (Fsp3) is 0.188. The maximum Gasteiger partial charge on any atom is 0.237 e. The summed E-state index contributed by atoms with van der Waals surface area (Å²) in [5.41, 5.74) is 2.33. The highest BCUT2D eigenvalue weighted by atomic mass is 79.9. The molecule has 0 unspecified atom stereocenters. The molecule has 0 heterocycles. The molecule has 0 aliphatic carbocycles. The van der Waals surface area contributed by atoms with Crippen LogP contribution >= 0.6 is 15.9 Å². The van der Waals surface area contributed by atoms with E-state index in [4.69, 9.17) is 5.26 Å². The van der Waals surface area contributed by atoms with Gasteiger partial charge in [-0.1, -0.05) is 22.0 Å². The fourth-order valence-electron chi connectivity index (χ4n) is 2.26. The first-order chi connectivity index (χ1) is 10.7. The molecule has 0 bridgehead atoms. The Kier molecular flexibility index (Phi) is 5.07. The van der Waals surface area contributed by atoms with E-state index in [1.807, 2.05) is 0 Å². The number of anilines is 1. The minimum absolute atomic E-state index is 0.0859. The number of sulfonamides is 1. The molecule has 0 amide bonds. The van der Waals surface area contributed by atoms with Crippen molar-refractivity contribution < 1.29 is 12.8 Å². The normalized spacial score (nSPS) is 11.1. The molecule has 0 aliphatic heterocycles. The molecule has 0 atom stereocenters. The van der Waals surface area contributed by atoms with E-state index in [-0.39, 0.29) is 5.56 Å². The minimum atomic E-state index is -3.76. The summed E-state index contributed by atoms with van der Waals surface area (Å²) >= 11 is 3.13. The molecule has 2 rings (SSSR count). The maximum absolute atomic E-state index is 13.8. The van der Waals surface area contributed by atoms with Gasteiger partial charge in [0, 0.05) is 15.7 Å². The lowest BCUT2D eigenvalue weighted by Crippen LogP contribution is -2.16. The van der Waals surface area contributed by atoms with Crippen molar-refractivity contribution in [2.75, 3.05) is 4.72 Å². The summed E-state index contributed by atoms with van der Waals surface area (Å²) in [7, 11) is -3.76. The van der Waals surface area contributed by atoms with Crippen LogP contribution in [0.25, 0.3) is 0 Å². The van der Waals surface area contributed by atoms with Gasteiger partial charge in [-0.15, -0.1) is 0 Å². The van der Waals surface area contributed by atoms with Gasteiger partial charge in [-0.2, -0.15) is 5.26 Å². The van der Waals surface area contributed by atoms with E-state index < -0.39 is 21.6 Å². The zero-order valence-electron chi connectivity index (χ0n) is 12.5. The highest BCUT2D eigenvalue weighted by Crippen LogP contribution is 2.22. The van der Waals surface area contributed by atoms with Crippen molar-refractivity contribution in [2.45, 2.75) is 19.6 Å². The number of nitriles is 1. The lowest BCUT2D eigenvalue weighted by Gasteiger charge is -2.11. The van der Waals surface area contributed by atoms with Crippen LogP contribution in [-0.4, -0.2) is 8.42 Å². The van der Waals surface area contributed by atoms with Crippen LogP contribution in [0.5, 0.6) is 0 Å². The van der Waals surface area contributed by atoms with E-state index in [2.05, 4.69) is 26.7 Å². The molecular weight excluding hydrogens is 383 g/mol. The topological polar surface area (TPSA) is 70.0 Å². The molecule has 2 aromatic rings. The Morgan fingerprint density at radius 1 is 1.22 bits per heavy atom. The Bertz CT molecular complexity index is 882. The number of nitrogens with one attached hydrogen (secondary N) is 1. The molecule has 0 spiro atoms. The number of aryl methyl sites for hydroxylation is 2. The molecule has 7 heteroatoms. The predicted octanol–water partition coefficient (Wildman–Crippen LogP) is 4.02. The van der Waals surface area contributed by atoms with Gasteiger partial charge in [-0.3, -0.25) is 4.72 Å². The lowest BCUT2D eigenvalue weighted by molar-refractivity contribution is 0.591. The Balaban J connectivity index is 2.27. The monoisotopic (exact) mass is 396 g/mol. The van der Waals surface area contributed by atoms with Crippen LogP contribution in [0.1, 0.15) is 22.3 Å². The van der Waals surface area contributed by atoms with Gasteiger partial charge < -0.3 is 0 Å². The van der Waals surface area contributed by atoms with Crippen LogP contribution in [-0.2, 0) is 15.8 Å². The number of benzene rings is 2. The fourth-order valence-corrected chi connectivity index (χ4v) is 3.78. The standard InChI is InChI=1S/C16H14BrFN2O2S/c1-10-5-14(6-11(2)15(10)8-19)20-23(21,22)9-12-3-4-13(17)7-16(12)18/h3-7,20H,9H2,1-2H3. The van der Waals surface area contributed by atoms with Crippen molar-refractivity contribution in [3.05, 3.63) is 62.9 Å². The average Bonchev–Trinajstić information content (AvgIpc) is 2.41. The number of rotatable bonds is 4. The summed E-state index contributed by atoms with van der Waals surface area (Å²) < 4.78 is 41.2. The predicted molar refractivity (Wildman–Crippen MR) is 91.0 cm³/mol. The quantitative estimate of drug-likeness (QED) is 0.847. The highest BCUT2D eigenvalue weighted by molar-refractivity contribution is 9.10. The molecule has 23 heavy (non-hydrogen) atoms. The van der Waals surface area contributed by atoms with Gasteiger partial charge in [0.25, 0.3) is 0 Å². The first-order valence-electron chi connectivity index (χ1n) is 6.67. The summed E-state index contributed by atoms with van der Waals surface area (Å²) in [5.74, 6) is -1.05. The molecule has 0 aromatic heterocycles. The van der Waals surface area contributed by atoms with Crippen LogP contribution in [0.3, 0.4) is 0 Å². The lowest BCUT2D eigenvalue weighted by atomic mass is 10.0. The molecule has 2 aromatic carbocycles. The van der Waals surface area contributed by atoms with Crippen LogP contribution < -0.4 is 4.72 Å². The van der Waals surface area contributed by atoms with Gasteiger partial charge in [0.15, 0.2) is 0 Å². The smallest absolute Gasteiger partial charge is 0.237 e. The molecule has 4 nitrogen and oxygen atoms in total. The highest BCUT2D eigenvalue weighted by Gasteiger charge is 2.16. The molecule has 0 aliphatic rings. The number of hydrogen-bond donors (Lipinski definition) is 1. The van der Waals surface area contributed by atoms with Crippen molar-refractivity contribution in [2.24, 2.45) is 0 Å². The second-order valence-electron chi connectivity index (χ2n) is 5.19. The average molecular weight is 397 g/mol. The third kappa shape index (κ3) is 4.30. The van der Waals surface area contributed by atoms with Crippen LogP contribution in [0.4, 0.5) is 10.1 Å². The van der Waals surface area contributed by atoms with Crippen LogP contribution in [0.15, 0.2) is 34.8 Å². The van der Waals surface area contributed by atoms with Gasteiger partial charge >= 0.3 is 0 Å². The van der Waals surface area contributed by atoms with Gasteiger partial charge in [0.2, 0.25) is 10.0 Å². The summed E-state index contributed by atoms with van der Waals surface area (Å²) in [6, 6.07) is 9.48. The SMILES string of the molecule is Cc1cc(NS(=O)(=O)Cc2ccc(Br)cc2F)cc(C)c1C#N. The number of halogens is 2. The minimum Gasteiger partial charge on any atom is -0.283 e. The van der Waals surface area contributed by atoms with Gasteiger partial charge in [-0.05, 0) is 49.2 Å². The van der Waals surface area contributed by atoms with E-state index >= 15 is 0 Å². The third-order valence-electron chi connectivity index (χ3n) is 3.28. The Hall–Kier alpha value is -1.91. The van der Waals surface area contributed by atoms with E-state index in [0.29, 0.717) is 26.9 Å². The van der Waals surface area contributed by atoms with Crippen molar-refractivity contribution in [3.63, 3.8) is 0 Å². The first-order valence-corrected chi connectivity index (χ1v) is 9.12. The van der Waals surface area contributed by atoms with E-state index in [0.717, 1.165) is 0 Å². The van der Waals surface area contributed by atoms with Crippen molar-refractivity contribution in [1.29, 1.82) is 5.26 Å². The first kappa shape index (κ1) is 17.4. The zero-order chi connectivity index (χ0) is 17.2. The summed E-state index contributed by atoms with van der Waals surface area (Å²) in [6.07, 6.45) is 0. The van der Waals surface area contributed by atoms with E-state index in [1.165, 1.54) is 12.1 Å². The molecule has 0 saturated carbocycles. The Morgan fingerprint density at radius 3 is 2.35 bits per heavy atom. The Labute approximate surface area is 143 Å². The largest absolute Gasteiger partial charge is 0.283 e. The molecule has 0 saturated heterocycles. The Morgan fingerprint density at radius 2 is 1.83 bits per heavy atom. The summed E-state index contributed by atoms with van der Waals surface area (Å²) in [6.45, 7) is 3.47. The van der Waals surface area contributed by atoms with Crippen molar-refractivity contribution in [3.8, 4) is 6.07 Å². The van der Waals surface area contributed by atoms with Crippen molar-refractivity contribution >= 4 is 31.6 Å². The second kappa shape index (κ2) is 6.69. The maximum atomic E-state index is 13.8. The van der Waals surface area contributed by atoms with Crippen LogP contribution in [0.2, 0.25) is 0 Å².